The zero-order valence-electron chi connectivity index (χ0n) is 14.0. The quantitative estimate of drug-likeness (QED) is 0.694. The van der Waals surface area contributed by atoms with Crippen molar-refractivity contribution in [1.82, 2.24) is 19.9 Å². The molecular formula is C16H15ClN4O5S. The molecule has 1 aromatic heterocycles. The number of ether oxygens (including phenoxy) is 1. The highest BCUT2D eigenvalue weighted by Gasteiger charge is 2.33. The molecule has 0 aliphatic carbocycles. The third-order valence-electron chi connectivity index (χ3n) is 3.75. The molecule has 0 bridgehead atoms. The van der Waals surface area contributed by atoms with Crippen molar-refractivity contribution in [3.63, 3.8) is 0 Å². The Morgan fingerprint density at radius 2 is 1.89 bits per heavy atom. The summed E-state index contributed by atoms with van der Waals surface area (Å²) in [6.45, 7) is -0.188. The number of urea groups is 1. The lowest BCUT2D eigenvalue weighted by molar-refractivity contribution is -0.120. The molecule has 9 nitrogen and oxygen atoms in total. The summed E-state index contributed by atoms with van der Waals surface area (Å²) in [4.78, 5) is 26.7. The van der Waals surface area contributed by atoms with Crippen molar-refractivity contribution in [3.05, 3.63) is 47.6 Å². The average molecular weight is 411 g/mol. The summed E-state index contributed by atoms with van der Waals surface area (Å²) in [6, 6.07) is 7.36. The Balaban J connectivity index is 1.70. The van der Waals surface area contributed by atoms with Crippen molar-refractivity contribution in [2.75, 3.05) is 13.6 Å². The van der Waals surface area contributed by atoms with E-state index in [4.69, 9.17) is 16.3 Å². The van der Waals surface area contributed by atoms with Crippen LogP contribution in [0.3, 0.4) is 0 Å². The molecule has 1 unspecified atom stereocenters. The van der Waals surface area contributed by atoms with Crippen LogP contribution in [0.1, 0.15) is 0 Å². The SMILES string of the molecule is CN(CC1NC(=O)NC1=O)S(=O)(=O)c1ccc(Oc2ccc(Cl)cn2)cc1. The Morgan fingerprint density at radius 1 is 1.19 bits per heavy atom. The summed E-state index contributed by atoms with van der Waals surface area (Å²) < 4.78 is 31.8. The van der Waals surface area contributed by atoms with Crippen LogP contribution in [-0.4, -0.2) is 49.3 Å². The first-order valence-corrected chi connectivity index (χ1v) is 9.55. The lowest BCUT2D eigenvalue weighted by Gasteiger charge is -2.19. The third-order valence-corrected chi connectivity index (χ3v) is 5.81. The largest absolute Gasteiger partial charge is 0.439 e. The number of imide groups is 1. The highest BCUT2D eigenvalue weighted by molar-refractivity contribution is 7.89. The maximum absolute atomic E-state index is 12.6. The summed E-state index contributed by atoms with van der Waals surface area (Å²) in [7, 11) is -2.52. The second kappa shape index (κ2) is 7.51. The third kappa shape index (κ3) is 4.35. The second-order valence-electron chi connectivity index (χ2n) is 5.69. The van der Waals surface area contributed by atoms with Crippen LogP contribution in [-0.2, 0) is 14.8 Å². The van der Waals surface area contributed by atoms with Crippen molar-refractivity contribution in [1.29, 1.82) is 0 Å². The van der Waals surface area contributed by atoms with Crippen LogP contribution in [0.4, 0.5) is 4.79 Å². The Kier molecular flexibility index (Phi) is 5.31. The van der Waals surface area contributed by atoms with Crippen LogP contribution in [0.5, 0.6) is 11.6 Å². The molecule has 142 valence electrons. The van der Waals surface area contributed by atoms with Gasteiger partial charge in [-0.3, -0.25) is 10.1 Å². The van der Waals surface area contributed by atoms with Crippen molar-refractivity contribution in [2.45, 2.75) is 10.9 Å². The summed E-state index contributed by atoms with van der Waals surface area (Å²) in [5.41, 5.74) is 0. The summed E-state index contributed by atoms with van der Waals surface area (Å²) in [6.07, 6.45) is 1.43. The number of halogens is 1. The van der Waals surface area contributed by atoms with Gasteiger partial charge in [-0.25, -0.2) is 18.2 Å². The van der Waals surface area contributed by atoms with E-state index in [0.717, 1.165) is 4.31 Å². The predicted octanol–water partition coefficient (Wildman–Crippen LogP) is 1.36. The number of rotatable bonds is 6. The Labute approximate surface area is 160 Å². The fourth-order valence-electron chi connectivity index (χ4n) is 2.35. The molecule has 2 heterocycles. The van der Waals surface area contributed by atoms with Gasteiger partial charge in [0.15, 0.2) is 0 Å². The van der Waals surface area contributed by atoms with E-state index in [-0.39, 0.29) is 11.4 Å². The molecule has 1 aliphatic heterocycles. The van der Waals surface area contributed by atoms with E-state index in [2.05, 4.69) is 15.6 Å². The molecule has 1 aliphatic rings. The molecule has 1 fully saturated rings. The molecule has 0 radical (unpaired) electrons. The number of benzene rings is 1. The Morgan fingerprint density at radius 3 is 2.44 bits per heavy atom. The first-order valence-electron chi connectivity index (χ1n) is 7.73. The fourth-order valence-corrected chi connectivity index (χ4v) is 3.64. The van der Waals surface area contributed by atoms with E-state index in [1.54, 1.807) is 12.1 Å². The van der Waals surface area contributed by atoms with Gasteiger partial charge in [0.05, 0.1) is 9.92 Å². The van der Waals surface area contributed by atoms with Gasteiger partial charge in [0.1, 0.15) is 11.8 Å². The van der Waals surface area contributed by atoms with Crippen LogP contribution in [0.25, 0.3) is 0 Å². The highest BCUT2D eigenvalue weighted by atomic mass is 35.5. The van der Waals surface area contributed by atoms with E-state index >= 15 is 0 Å². The first-order chi connectivity index (χ1) is 12.8. The van der Waals surface area contributed by atoms with Crippen LogP contribution in [0.2, 0.25) is 5.02 Å². The van der Waals surface area contributed by atoms with Gasteiger partial charge in [0.25, 0.3) is 5.91 Å². The number of aromatic nitrogens is 1. The lowest BCUT2D eigenvalue weighted by atomic mass is 10.3. The van der Waals surface area contributed by atoms with Gasteiger partial charge in [0, 0.05) is 25.9 Å². The normalized spacial score (nSPS) is 16.9. The van der Waals surface area contributed by atoms with Crippen LogP contribution in [0.15, 0.2) is 47.5 Å². The van der Waals surface area contributed by atoms with Crippen LogP contribution in [0, 0.1) is 0 Å². The molecule has 3 amide bonds. The number of pyridine rings is 1. The second-order valence-corrected chi connectivity index (χ2v) is 8.17. The molecule has 27 heavy (non-hydrogen) atoms. The fraction of sp³-hybridized carbons (Fsp3) is 0.188. The molecule has 2 aromatic rings. The molecule has 2 N–H and O–H groups in total. The highest BCUT2D eigenvalue weighted by Crippen LogP contribution is 2.23. The average Bonchev–Trinajstić information content (AvgIpc) is 2.94. The zero-order chi connectivity index (χ0) is 19.6. The van der Waals surface area contributed by atoms with Gasteiger partial charge in [-0.15, -0.1) is 0 Å². The van der Waals surface area contributed by atoms with E-state index in [0.29, 0.717) is 16.7 Å². The lowest BCUT2D eigenvalue weighted by Crippen LogP contribution is -2.42. The van der Waals surface area contributed by atoms with Gasteiger partial charge < -0.3 is 10.1 Å². The molecule has 0 saturated carbocycles. The molecule has 11 heteroatoms. The number of carbonyl (C=O) groups is 2. The van der Waals surface area contributed by atoms with Gasteiger partial charge >= 0.3 is 6.03 Å². The molecule has 0 spiro atoms. The first kappa shape index (κ1) is 19.1. The van der Waals surface area contributed by atoms with E-state index in [9.17, 15) is 18.0 Å². The molecule has 3 rings (SSSR count). The predicted molar refractivity (Wildman–Crippen MR) is 96.0 cm³/mol. The maximum Gasteiger partial charge on any atom is 0.322 e. The number of amides is 3. The van der Waals surface area contributed by atoms with Gasteiger partial charge in [-0.05, 0) is 30.3 Å². The monoisotopic (exact) mass is 410 g/mol. The zero-order valence-corrected chi connectivity index (χ0v) is 15.6. The number of hydrogen-bond acceptors (Lipinski definition) is 6. The van der Waals surface area contributed by atoms with Crippen molar-refractivity contribution >= 4 is 33.6 Å². The Hall–Kier alpha value is -2.69. The number of sulfonamides is 1. The number of likely N-dealkylation sites (N-methyl/N-ethyl adjacent to an activating group) is 1. The molecule has 1 aromatic carbocycles. The van der Waals surface area contributed by atoms with Crippen molar-refractivity contribution in [3.8, 4) is 11.6 Å². The minimum absolute atomic E-state index is 0.0196. The molecule has 1 atom stereocenters. The van der Waals surface area contributed by atoms with Gasteiger partial charge in [-0.1, -0.05) is 11.6 Å². The van der Waals surface area contributed by atoms with E-state index in [1.807, 2.05) is 0 Å². The van der Waals surface area contributed by atoms with E-state index < -0.39 is 28.0 Å². The molecule has 1 saturated heterocycles. The Bertz CT molecular complexity index is 963. The number of hydrogen-bond donors (Lipinski definition) is 2. The topological polar surface area (TPSA) is 118 Å². The van der Waals surface area contributed by atoms with Gasteiger partial charge in [0.2, 0.25) is 15.9 Å². The minimum Gasteiger partial charge on any atom is -0.439 e. The number of carbonyl (C=O) groups excluding carboxylic acids is 2. The van der Waals surface area contributed by atoms with E-state index in [1.165, 1.54) is 37.5 Å². The standard InChI is InChI=1S/C16H15ClN4O5S/c1-21(9-13-15(22)20-16(23)19-13)27(24,25)12-5-3-11(4-6-12)26-14-7-2-10(17)8-18-14/h2-8,13H,9H2,1H3,(H2,19,20,22,23). The van der Waals surface area contributed by atoms with Crippen molar-refractivity contribution in [2.24, 2.45) is 0 Å². The smallest absolute Gasteiger partial charge is 0.322 e. The minimum atomic E-state index is -3.85. The van der Waals surface area contributed by atoms with Gasteiger partial charge in [-0.2, -0.15) is 4.31 Å². The molecular weight excluding hydrogens is 396 g/mol. The summed E-state index contributed by atoms with van der Waals surface area (Å²) in [5, 5.41) is 4.88. The van der Waals surface area contributed by atoms with Crippen LogP contribution >= 0.6 is 11.6 Å². The van der Waals surface area contributed by atoms with Crippen LogP contribution < -0.4 is 15.4 Å². The maximum atomic E-state index is 12.6. The summed E-state index contributed by atoms with van der Waals surface area (Å²) in [5.74, 6) is 0.144. The number of nitrogens with one attached hydrogen (secondary N) is 2. The summed E-state index contributed by atoms with van der Waals surface area (Å²) >= 11 is 5.76. The van der Waals surface area contributed by atoms with Crippen molar-refractivity contribution < 1.29 is 22.7 Å². The number of nitrogens with zero attached hydrogens (tertiary/aromatic N) is 2.